The van der Waals surface area contributed by atoms with E-state index in [2.05, 4.69) is 20.7 Å². The van der Waals surface area contributed by atoms with Gasteiger partial charge in [0.25, 0.3) is 0 Å². The monoisotopic (exact) mass is 338 g/mol. The average Bonchev–Trinajstić information content (AvgIpc) is 3.04. The van der Waals surface area contributed by atoms with Crippen molar-refractivity contribution < 1.29 is 4.79 Å². The molecule has 2 aromatic carbocycles. The highest BCUT2D eigenvalue weighted by molar-refractivity contribution is 6.33. The highest BCUT2D eigenvalue weighted by Crippen LogP contribution is 2.23. The van der Waals surface area contributed by atoms with Gasteiger partial charge in [0, 0.05) is 5.56 Å². The van der Waals surface area contributed by atoms with Gasteiger partial charge in [0.2, 0.25) is 11.7 Å². The lowest BCUT2D eigenvalue weighted by Crippen LogP contribution is -2.21. The van der Waals surface area contributed by atoms with E-state index in [1.54, 1.807) is 42.5 Å². The first-order valence-electron chi connectivity index (χ1n) is 6.99. The van der Waals surface area contributed by atoms with Gasteiger partial charge in [0.15, 0.2) is 0 Å². The van der Waals surface area contributed by atoms with Crippen molar-refractivity contribution in [3.63, 3.8) is 0 Å². The zero-order chi connectivity index (χ0) is 16.9. The molecule has 3 aromatic rings. The first-order valence-corrected chi connectivity index (χ1v) is 7.37. The standard InChI is InChI=1S/C16H11ClN6O/c17-13-7-3-2-6-12(13)16-20-22-23(21-16)10-15(24)19-14-8-4-1-5-11(14)9-18/h1-8H,10H2,(H,19,24). The Kier molecular flexibility index (Phi) is 4.50. The minimum absolute atomic E-state index is 0.128. The third kappa shape index (κ3) is 3.39. The second-order valence-electron chi connectivity index (χ2n) is 4.83. The Labute approximate surface area is 142 Å². The molecule has 0 fully saturated rings. The summed E-state index contributed by atoms with van der Waals surface area (Å²) in [6.45, 7) is -0.128. The van der Waals surface area contributed by atoms with Crippen molar-refractivity contribution in [3.8, 4) is 17.5 Å². The van der Waals surface area contributed by atoms with Crippen LogP contribution in [0.25, 0.3) is 11.4 Å². The largest absolute Gasteiger partial charge is 0.323 e. The Morgan fingerprint density at radius 1 is 1.21 bits per heavy atom. The van der Waals surface area contributed by atoms with Crippen LogP contribution in [0.15, 0.2) is 48.5 Å². The lowest BCUT2D eigenvalue weighted by molar-refractivity contribution is -0.117. The molecule has 0 atom stereocenters. The number of para-hydroxylation sites is 1. The molecule has 1 N–H and O–H groups in total. The van der Waals surface area contributed by atoms with E-state index in [0.717, 1.165) is 0 Å². The molecule has 0 aliphatic heterocycles. The normalized spacial score (nSPS) is 10.2. The van der Waals surface area contributed by atoms with Crippen molar-refractivity contribution >= 4 is 23.2 Å². The molecule has 1 aromatic heterocycles. The lowest BCUT2D eigenvalue weighted by Gasteiger charge is -2.05. The Morgan fingerprint density at radius 2 is 1.96 bits per heavy atom. The fourth-order valence-corrected chi connectivity index (χ4v) is 2.29. The van der Waals surface area contributed by atoms with Crippen molar-refractivity contribution in [2.24, 2.45) is 0 Å². The van der Waals surface area contributed by atoms with E-state index in [9.17, 15) is 4.79 Å². The molecular weight excluding hydrogens is 328 g/mol. The van der Waals surface area contributed by atoms with Crippen LogP contribution in [0, 0.1) is 11.3 Å². The second-order valence-corrected chi connectivity index (χ2v) is 5.24. The molecule has 0 aliphatic rings. The van der Waals surface area contributed by atoms with Gasteiger partial charge in [-0.2, -0.15) is 10.1 Å². The summed E-state index contributed by atoms with van der Waals surface area (Å²) in [6.07, 6.45) is 0. The number of aromatic nitrogens is 4. The third-order valence-electron chi connectivity index (χ3n) is 3.17. The fraction of sp³-hybridized carbons (Fsp3) is 0.0625. The average molecular weight is 339 g/mol. The number of nitrogens with zero attached hydrogens (tertiary/aromatic N) is 5. The summed E-state index contributed by atoms with van der Waals surface area (Å²) in [4.78, 5) is 13.3. The summed E-state index contributed by atoms with van der Waals surface area (Å²) in [7, 11) is 0. The number of halogens is 1. The molecule has 0 unspecified atom stereocenters. The highest BCUT2D eigenvalue weighted by atomic mass is 35.5. The summed E-state index contributed by atoms with van der Waals surface area (Å²) in [5.74, 6) is -0.0216. The van der Waals surface area contributed by atoms with Gasteiger partial charge < -0.3 is 5.32 Å². The van der Waals surface area contributed by atoms with Crippen molar-refractivity contribution in [2.75, 3.05) is 5.32 Å². The summed E-state index contributed by atoms with van der Waals surface area (Å²) >= 11 is 6.09. The first kappa shape index (κ1) is 15.6. The van der Waals surface area contributed by atoms with Crippen molar-refractivity contribution in [1.29, 1.82) is 5.26 Å². The number of amides is 1. The summed E-state index contributed by atoms with van der Waals surface area (Å²) in [6, 6.07) is 15.9. The van der Waals surface area contributed by atoms with Crippen LogP contribution in [0.4, 0.5) is 5.69 Å². The smallest absolute Gasteiger partial charge is 0.248 e. The molecule has 1 amide bonds. The summed E-state index contributed by atoms with van der Waals surface area (Å²) < 4.78 is 0. The quantitative estimate of drug-likeness (QED) is 0.788. The second kappa shape index (κ2) is 6.89. The predicted octanol–water partition coefficient (Wildman–Crippen LogP) is 2.50. The molecule has 3 rings (SSSR count). The maximum Gasteiger partial charge on any atom is 0.248 e. The molecule has 0 radical (unpaired) electrons. The van der Waals surface area contributed by atoms with E-state index in [0.29, 0.717) is 27.7 Å². The van der Waals surface area contributed by atoms with Gasteiger partial charge in [-0.25, -0.2) is 0 Å². The molecule has 118 valence electrons. The topological polar surface area (TPSA) is 96.5 Å². The van der Waals surface area contributed by atoms with Crippen LogP contribution >= 0.6 is 11.6 Å². The third-order valence-corrected chi connectivity index (χ3v) is 3.50. The molecule has 1 heterocycles. The Morgan fingerprint density at radius 3 is 2.75 bits per heavy atom. The number of nitrogens with one attached hydrogen (secondary N) is 1. The van der Waals surface area contributed by atoms with Crippen molar-refractivity contribution in [3.05, 3.63) is 59.1 Å². The van der Waals surface area contributed by atoms with Crippen LogP contribution in [-0.2, 0) is 11.3 Å². The van der Waals surface area contributed by atoms with E-state index < -0.39 is 0 Å². The molecular formula is C16H11ClN6O. The molecule has 0 saturated carbocycles. The van der Waals surface area contributed by atoms with Crippen LogP contribution in [0.3, 0.4) is 0 Å². The maximum atomic E-state index is 12.1. The van der Waals surface area contributed by atoms with Crippen LogP contribution in [-0.4, -0.2) is 26.1 Å². The van der Waals surface area contributed by atoms with Gasteiger partial charge in [-0.3, -0.25) is 4.79 Å². The number of carbonyl (C=O) groups excluding carboxylic acids is 1. The molecule has 8 heteroatoms. The van der Waals surface area contributed by atoms with Gasteiger partial charge in [-0.1, -0.05) is 35.9 Å². The number of tetrazole rings is 1. The molecule has 0 aliphatic carbocycles. The first-order chi connectivity index (χ1) is 11.7. The minimum Gasteiger partial charge on any atom is -0.323 e. The minimum atomic E-state index is -0.360. The number of nitriles is 1. The maximum absolute atomic E-state index is 12.1. The van der Waals surface area contributed by atoms with Gasteiger partial charge >= 0.3 is 0 Å². The van der Waals surface area contributed by atoms with E-state index in [-0.39, 0.29) is 12.5 Å². The number of hydrogen-bond acceptors (Lipinski definition) is 5. The lowest BCUT2D eigenvalue weighted by atomic mass is 10.2. The predicted molar refractivity (Wildman–Crippen MR) is 88.0 cm³/mol. The van der Waals surface area contributed by atoms with Gasteiger partial charge in [0.1, 0.15) is 12.6 Å². The van der Waals surface area contributed by atoms with E-state index >= 15 is 0 Å². The van der Waals surface area contributed by atoms with Gasteiger partial charge in [-0.15, -0.1) is 10.2 Å². The van der Waals surface area contributed by atoms with Crippen molar-refractivity contribution in [1.82, 2.24) is 20.2 Å². The van der Waals surface area contributed by atoms with E-state index in [1.165, 1.54) is 4.80 Å². The molecule has 0 spiro atoms. The Hall–Kier alpha value is -3.24. The molecule has 7 nitrogen and oxygen atoms in total. The number of anilines is 1. The van der Waals surface area contributed by atoms with Gasteiger partial charge in [0.05, 0.1) is 16.3 Å². The SMILES string of the molecule is N#Cc1ccccc1NC(=O)Cn1nnc(-c2ccccc2Cl)n1. The van der Waals surface area contributed by atoms with Crippen LogP contribution < -0.4 is 5.32 Å². The highest BCUT2D eigenvalue weighted by Gasteiger charge is 2.12. The number of carbonyl (C=O) groups is 1. The summed E-state index contributed by atoms with van der Waals surface area (Å²) in [5.41, 5.74) is 1.46. The van der Waals surface area contributed by atoms with Crippen LogP contribution in [0.2, 0.25) is 5.02 Å². The van der Waals surface area contributed by atoms with E-state index in [4.69, 9.17) is 16.9 Å². The zero-order valence-electron chi connectivity index (χ0n) is 12.3. The molecule has 0 bridgehead atoms. The Balaban J connectivity index is 1.72. The number of rotatable bonds is 4. The fourth-order valence-electron chi connectivity index (χ4n) is 2.07. The zero-order valence-corrected chi connectivity index (χ0v) is 13.1. The molecule has 0 saturated heterocycles. The van der Waals surface area contributed by atoms with Crippen LogP contribution in [0.5, 0.6) is 0 Å². The Bertz CT molecular complexity index is 930. The summed E-state index contributed by atoms with van der Waals surface area (Å²) in [5, 5.41) is 24.1. The van der Waals surface area contributed by atoms with Gasteiger partial charge in [-0.05, 0) is 29.5 Å². The number of hydrogen-bond donors (Lipinski definition) is 1. The van der Waals surface area contributed by atoms with E-state index in [1.807, 2.05) is 12.1 Å². The number of benzene rings is 2. The van der Waals surface area contributed by atoms with Crippen molar-refractivity contribution in [2.45, 2.75) is 6.54 Å². The molecule has 24 heavy (non-hydrogen) atoms. The van der Waals surface area contributed by atoms with Crippen LogP contribution in [0.1, 0.15) is 5.56 Å².